The highest BCUT2D eigenvalue weighted by Crippen LogP contribution is 2.44. The van der Waals surface area contributed by atoms with E-state index in [1.165, 1.54) is 25.3 Å². The van der Waals surface area contributed by atoms with Crippen molar-refractivity contribution >= 4 is 29.6 Å². The van der Waals surface area contributed by atoms with E-state index in [4.69, 9.17) is 24.7 Å². The number of aliphatic imine (C=N–C) groups is 1. The number of nitrogens with one attached hydrogen (secondary N) is 1. The Labute approximate surface area is 264 Å². The van der Waals surface area contributed by atoms with E-state index >= 15 is 0 Å². The predicted octanol–water partition coefficient (Wildman–Crippen LogP) is 3.16. The molecule has 4 rings (SSSR count). The molecule has 0 fully saturated rings. The first-order valence-corrected chi connectivity index (χ1v) is 14.8. The molecule has 0 spiro atoms. The minimum atomic E-state index is -1.46. The lowest BCUT2D eigenvalue weighted by Crippen LogP contribution is -2.47. The highest BCUT2D eigenvalue weighted by Gasteiger charge is 2.40. The standard InChI is InChI=1S/C32H46N4O9/c1-17-13-20-26(34-11-12-36(4)5)23(37)16-22(27(20)38)35-30(39)18(2)9-8-10-24(42-6)29(45-32(33)41)21-15-19(3)28(44-31(21)40)25(14-17)43-7/h8-11,15-17,19,24-25,28-29,31,37-38,40H,12-14H2,1-7H3,(H2,33,41)(H,35,39)/t17-,19?,24+,25+,28+,29+,31?/m1/s1. The number of phenolic OH excluding ortho intramolecular Hbond substituents is 2. The molecule has 1 aromatic carbocycles. The average Bonchev–Trinajstić information content (AvgIpc) is 2.97. The Morgan fingerprint density at radius 1 is 1.24 bits per heavy atom. The summed E-state index contributed by atoms with van der Waals surface area (Å²) < 4.78 is 22.9. The molecule has 4 bridgehead atoms. The van der Waals surface area contributed by atoms with E-state index in [1.807, 2.05) is 32.8 Å². The molecule has 0 radical (unpaired) electrons. The molecule has 45 heavy (non-hydrogen) atoms. The van der Waals surface area contributed by atoms with Crippen molar-refractivity contribution in [3.8, 4) is 11.5 Å². The van der Waals surface area contributed by atoms with Crippen molar-refractivity contribution in [3.05, 3.63) is 47.1 Å². The van der Waals surface area contributed by atoms with Crippen LogP contribution in [0.15, 0.2) is 46.5 Å². The molecule has 3 aliphatic rings. The Morgan fingerprint density at radius 3 is 2.58 bits per heavy atom. The summed E-state index contributed by atoms with van der Waals surface area (Å²) in [6.45, 7) is 5.91. The van der Waals surface area contributed by atoms with Crippen molar-refractivity contribution in [1.82, 2.24) is 4.90 Å². The summed E-state index contributed by atoms with van der Waals surface area (Å²) >= 11 is 0. The number of nitrogens with zero attached hydrogens (tertiary/aromatic N) is 2. The molecule has 1 aromatic rings. The number of allylic oxidation sites excluding steroid dienone is 2. The maximum atomic E-state index is 13.1. The normalized spacial score (nSPS) is 28.2. The van der Waals surface area contributed by atoms with Crippen molar-refractivity contribution in [2.75, 3.05) is 40.2 Å². The maximum Gasteiger partial charge on any atom is 0.405 e. The third-order valence-corrected chi connectivity index (χ3v) is 7.81. The highest BCUT2D eigenvalue weighted by molar-refractivity contribution is 6.04. The van der Waals surface area contributed by atoms with Crippen LogP contribution in [0.1, 0.15) is 32.8 Å². The molecule has 0 saturated heterocycles. The number of amides is 2. The van der Waals surface area contributed by atoms with Crippen LogP contribution in [0.5, 0.6) is 11.5 Å². The number of carbonyl (C=O) groups excluding carboxylic acids is 2. The van der Waals surface area contributed by atoms with Gasteiger partial charge in [0, 0.05) is 55.7 Å². The number of aliphatic hydroxyl groups is 1. The quantitative estimate of drug-likeness (QED) is 0.135. The molecule has 0 aliphatic carbocycles. The van der Waals surface area contributed by atoms with Crippen LogP contribution in [0.3, 0.4) is 0 Å². The van der Waals surface area contributed by atoms with Gasteiger partial charge in [-0.2, -0.15) is 0 Å². The van der Waals surface area contributed by atoms with E-state index in [1.54, 1.807) is 32.4 Å². The van der Waals surface area contributed by atoms with Gasteiger partial charge >= 0.3 is 6.09 Å². The summed E-state index contributed by atoms with van der Waals surface area (Å²) in [6.07, 6.45) is 3.04. The van der Waals surface area contributed by atoms with Crippen LogP contribution in [0.2, 0.25) is 0 Å². The molecule has 13 nitrogen and oxygen atoms in total. The third kappa shape index (κ3) is 9.14. The van der Waals surface area contributed by atoms with Crippen molar-refractivity contribution in [2.45, 2.75) is 64.3 Å². The summed E-state index contributed by atoms with van der Waals surface area (Å²) in [7, 11) is 6.71. The number of carbonyl (C=O) groups is 2. The number of fused-ring (bicyclic) bond motifs is 10. The monoisotopic (exact) mass is 630 g/mol. The lowest BCUT2D eigenvalue weighted by molar-refractivity contribution is -0.182. The number of hydrogen-bond donors (Lipinski definition) is 5. The minimum Gasteiger partial charge on any atom is -0.506 e. The first-order valence-electron chi connectivity index (χ1n) is 14.8. The molecular formula is C32H46N4O9. The largest absolute Gasteiger partial charge is 0.506 e. The van der Waals surface area contributed by atoms with Gasteiger partial charge in [0.05, 0.1) is 17.9 Å². The van der Waals surface area contributed by atoms with E-state index in [-0.39, 0.29) is 52.3 Å². The second kappa shape index (κ2) is 16.0. The number of benzene rings is 1. The zero-order valence-electron chi connectivity index (χ0n) is 26.9. The molecule has 0 saturated carbocycles. The number of aromatic hydroxyl groups is 2. The van der Waals surface area contributed by atoms with Crippen LogP contribution < -0.4 is 11.1 Å². The van der Waals surface area contributed by atoms with Crippen LogP contribution in [0, 0.1) is 11.8 Å². The van der Waals surface area contributed by atoms with E-state index in [9.17, 15) is 24.9 Å². The number of hydrogen-bond acceptors (Lipinski definition) is 11. The van der Waals surface area contributed by atoms with E-state index < -0.39 is 42.7 Å². The number of nitrogens with two attached hydrogens (primary N) is 1. The highest BCUT2D eigenvalue weighted by atomic mass is 16.6. The SMILES string of the molecule is CO[C@H]1C=CC=C(C)C(=O)Nc2cc(O)c(N=CCN(C)C)c(c2O)C[C@@H](C)C[C@H](OC)[C@H]2OC(O)C(=CC2C)[C@@H]1OC(N)=O. The van der Waals surface area contributed by atoms with Gasteiger partial charge in [0.1, 0.15) is 23.3 Å². The average molecular weight is 631 g/mol. The summed E-state index contributed by atoms with van der Waals surface area (Å²) in [6, 6.07) is 1.27. The third-order valence-electron chi connectivity index (χ3n) is 7.81. The van der Waals surface area contributed by atoms with Crippen molar-refractivity contribution in [1.29, 1.82) is 0 Å². The van der Waals surface area contributed by atoms with Gasteiger partial charge in [0.15, 0.2) is 12.4 Å². The fourth-order valence-electron chi connectivity index (χ4n) is 5.48. The Hall–Kier alpha value is -3.75. The predicted molar refractivity (Wildman–Crippen MR) is 170 cm³/mol. The number of primary amides is 1. The lowest BCUT2D eigenvalue weighted by Gasteiger charge is -2.39. The lowest BCUT2D eigenvalue weighted by atomic mass is 9.85. The number of aliphatic hydroxyl groups excluding tert-OH is 1. The number of methoxy groups -OCH3 is 2. The van der Waals surface area contributed by atoms with Gasteiger partial charge in [0.25, 0.3) is 5.91 Å². The molecule has 13 heteroatoms. The van der Waals surface area contributed by atoms with Crippen molar-refractivity contribution in [2.24, 2.45) is 22.6 Å². The molecule has 2 unspecified atom stereocenters. The Morgan fingerprint density at radius 2 is 1.96 bits per heavy atom. The molecule has 0 aromatic heterocycles. The fourth-order valence-corrected chi connectivity index (χ4v) is 5.48. The molecule has 3 heterocycles. The zero-order chi connectivity index (χ0) is 33.4. The molecule has 6 N–H and O–H groups in total. The summed E-state index contributed by atoms with van der Waals surface area (Å²) in [5, 5.41) is 36.2. The van der Waals surface area contributed by atoms with Crippen LogP contribution >= 0.6 is 0 Å². The second-order valence-corrected chi connectivity index (χ2v) is 11.7. The summed E-state index contributed by atoms with van der Waals surface area (Å²) in [5.74, 6) is -1.39. The van der Waals surface area contributed by atoms with E-state index in [2.05, 4.69) is 10.3 Å². The summed E-state index contributed by atoms with van der Waals surface area (Å²) in [5.41, 5.74) is 6.47. The first-order chi connectivity index (χ1) is 21.3. The summed E-state index contributed by atoms with van der Waals surface area (Å²) in [4.78, 5) is 31.3. The topological polar surface area (TPSA) is 185 Å². The number of rotatable bonds is 6. The van der Waals surface area contributed by atoms with Gasteiger partial charge in [0.2, 0.25) is 0 Å². The Kier molecular flexibility index (Phi) is 12.7. The van der Waals surface area contributed by atoms with Gasteiger partial charge in [-0.1, -0.05) is 38.2 Å². The Bertz CT molecular complexity index is 1340. The van der Waals surface area contributed by atoms with Crippen LogP contribution in [-0.4, -0.2) is 104 Å². The van der Waals surface area contributed by atoms with Crippen LogP contribution in [0.4, 0.5) is 16.2 Å². The van der Waals surface area contributed by atoms with E-state index in [0.717, 1.165) is 0 Å². The fraction of sp³-hybridized carbons (Fsp3) is 0.531. The molecular weight excluding hydrogens is 584 g/mol. The smallest absolute Gasteiger partial charge is 0.405 e. The molecule has 7 atom stereocenters. The molecule has 3 aliphatic heterocycles. The number of ether oxygens (including phenoxy) is 4. The van der Waals surface area contributed by atoms with E-state index in [0.29, 0.717) is 18.5 Å². The first kappa shape index (κ1) is 35.7. The number of phenols is 2. The van der Waals surface area contributed by atoms with Gasteiger partial charge in [-0.3, -0.25) is 9.79 Å². The maximum absolute atomic E-state index is 13.1. The van der Waals surface area contributed by atoms with Crippen molar-refractivity contribution < 1.29 is 43.9 Å². The van der Waals surface area contributed by atoms with Crippen molar-refractivity contribution in [3.63, 3.8) is 0 Å². The molecule has 2 amide bonds. The second-order valence-electron chi connectivity index (χ2n) is 11.7. The minimum absolute atomic E-state index is 0.0265. The van der Waals surface area contributed by atoms with Gasteiger partial charge in [-0.05, 0) is 39.8 Å². The van der Waals surface area contributed by atoms with Gasteiger partial charge in [-0.15, -0.1) is 0 Å². The number of anilines is 1. The van der Waals surface area contributed by atoms with Crippen LogP contribution in [0.25, 0.3) is 0 Å². The van der Waals surface area contributed by atoms with Gasteiger partial charge in [-0.25, -0.2) is 4.79 Å². The van der Waals surface area contributed by atoms with Crippen LogP contribution in [-0.2, 0) is 30.2 Å². The van der Waals surface area contributed by atoms with Gasteiger partial charge < -0.3 is 50.2 Å². The molecule has 248 valence electrons. The zero-order valence-corrected chi connectivity index (χ0v) is 26.9. The Balaban J connectivity index is 2.15.